The summed E-state index contributed by atoms with van der Waals surface area (Å²) in [6.07, 6.45) is 3.09. The van der Waals surface area contributed by atoms with Crippen molar-refractivity contribution < 1.29 is 63.4 Å². The molecule has 0 aliphatic heterocycles. The molecule has 260 valence electrons. The van der Waals surface area contributed by atoms with Crippen molar-refractivity contribution in [1.82, 2.24) is 9.80 Å². The van der Waals surface area contributed by atoms with Gasteiger partial charge >= 0.3 is 23.9 Å². The van der Waals surface area contributed by atoms with Gasteiger partial charge in [0.05, 0.1) is 32.3 Å². The molecule has 47 heavy (non-hydrogen) atoms. The molecule has 0 amide bonds. The number of carbonyl (C=O) groups excluding carboxylic acids is 3. The molecule has 0 aromatic heterocycles. The van der Waals surface area contributed by atoms with Gasteiger partial charge in [-0.25, -0.2) is 4.39 Å². The largest absolute Gasteiger partial charge is 0.480 e. The van der Waals surface area contributed by atoms with Gasteiger partial charge in [-0.2, -0.15) is 0 Å². The number of aliphatic hydroxyl groups is 2. The second-order valence-electron chi connectivity index (χ2n) is 13.8. The van der Waals surface area contributed by atoms with Gasteiger partial charge in [0.15, 0.2) is 17.1 Å². The molecule has 0 saturated heterocycles. The number of hydrogen-bond acceptors (Lipinski definition) is 11. The topological polar surface area (TPSA) is 219 Å². The van der Waals surface area contributed by atoms with Crippen molar-refractivity contribution >= 4 is 35.4 Å². The van der Waals surface area contributed by atoms with Crippen LogP contribution in [0.4, 0.5) is 4.39 Å². The lowest BCUT2D eigenvalue weighted by molar-refractivity contribution is -0.228. The number of ketones is 2. The number of allylic oxidation sites excluding steroid dienone is 4. The van der Waals surface area contributed by atoms with E-state index in [1.54, 1.807) is 20.8 Å². The van der Waals surface area contributed by atoms with Crippen LogP contribution in [-0.2, 0) is 33.5 Å². The van der Waals surface area contributed by atoms with E-state index in [2.05, 4.69) is 0 Å². The van der Waals surface area contributed by atoms with Crippen molar-refractivity contribution in [1.29, 1.82) is 0 Å². The number of aliphatic carboxylic acids is 3. The molecule has 0 aromatic carbocycles. The average Bonchev–Trinajstić information content (AvgIpc) is 3.17. The summed E-state index contributed by atoms with van der Waals surface area (Å²) in [5.41, 5.74) is -6.27. The number of Topliss-reactive ketones (excluding diaryl/α,β-unsaturated/α-hetero) is 1. The number of ether oxygens (including phenoxy) is 1. The summed E-state index contributed by atoms with van der Waals surface area (Å²) in [7, 11) is 0. The SMILES string of the molecule is C[C@@H]1C[C@H]2[C@@H]3CCC4=CC(=O)C=C[C@]4(C)[C@@]3(F)[C@@H](O)C[C@]2(C)[C@@]1(OC(=O)CN(CCN(CC(=O)O)CC(=O)O)CC(=O)O)C(=O)CO. The van der Waals surface area contributed by atoms with Gasteiger partial charge in [0.25, 0.3) is 0 Å². The fourth-order valence-electron chi connectivity index (χ4n) is 9.20. The lowest BCUT2D eigenvalue weighted by atomic mass is 9.44. The molecule has 15 heteroatoms. The Bertz CT molecular complexity index is 1380. The van der Waals surface area contributed by atoms with Crippen LogP contribution in [0.1, 0.15) is 46.5 Å². The van der Waals surface area contributed by atoms with E-state index < -0.39 is 108 Å². The van der Waals surface area contributed by atoms with E-state index in [-0.39, 0.29) is 38.1 Å². The lowest BCUT2D eigenvalue weighted by Crippen LogP contribution is -2.70. The third-order valence-corrected chi connectivity index (χ3v) is 11.2. The van der Waals surface area contributed by atoms with Crippen molar-refractivity contribution in [3.63, 3.8) is 0 Å². The molecule has 3 fully saturated rings. The minimum atomic E-state index is -2.21. The Kier molecular flexibility index (Phi) is 10.2. The lowest BCUT2D eigenvalue weighted by Gasteiger charge is -2.62. The Hall–Kier alpha value is -3.53. The maximum absolute atomic E-state index is 17.6. The number of fused-ring (bicyclic) bond motifs is 5. The summed E-state index contributed by atoms with van der Waals surface area (Å²) in [5.74, 6) is -8.23. The second-order valence-corrected chi connectivity index (χ2v) is 13.8. The van der Waals surface area contributed by atoms with E-state index in [4.69, 9.17) is 14.9 Å². The number of carbonyl (C=O) groups is 6. The van der Waals surface area contributed by atoms with Crippen LogP contribution >= 0.6 is 0 Å². The highest BCUT2D eigenvalue weighted by molar-refractivity contribution is 6.01. The van der Waals surface area contributed by atoms with E-state index in [9.17, 15) is 44.1 Å². The Morgan fingerprint density at radius 2 is 1.51 bits per heavy atom. The van der Waals surface area contributed by atoms with Gasteiger partial charge in [0, 0.05) is 35.8 Å². The fourth-order valence-corrected chi connectivity index (χ4v) is 9.20. The molecule has 0 radical (unpaired) electrons. The van der Waals surface area contributed by atoms with Crippen molar-refractivity contribution in [3.8, 4) is 0 Å². The van der Waals surface area contributed by atoms with Gasteiger partial charge in [-0.15, -0.1) is 0 Å². The number of hydrogen-bond donors (Lipinski definition) is 5. The Morgan fingerprint density at radius 1 is 0.957 bits per heavy atom. The molecule has 0 heterocycles. The zero-order chi connectivity index (χ0) is 35.1. The maximum Gasteiger partial charge on any atom is 0.321 e. The number of esters is 1. The standard InChI is InChI=1S/C32H43FN2O12/c1-18-10-22-21-5-4-19-11-20(37)6-7-29(19,2)31(21,33)23(38)12-30(22,3)32(18,24(39)17-36)47-28(46)16-35(15-27(44)45)9-8-34(13-25(40)41)14-26(42)43/h6-7,11,18,21-23,36,38H,4-5,8-10,12-17H2,1-3H3,(H,40,41)(H,42,43)(H,44,45)/t18-,21+,22+,23+,29+,30+,31+,32+/m1/s1. The van der Waals surface area contributed by atoms with Crippen LogP contribution in [0.5, 0.6) is 0 Å². The molecular formula is C32H43FN2O12. The first-order valence-electron chi connectivity index (χ1n) is 15.6. The number of carboxylic acids is 3. The molecular weight excluding hydrogens is 623 g/mol. The number of aliphatic hydroxyl groups excluding tert-OH is 2. The minimum absolute atomic E-state index is 0.217. The predicted molar refractivity (Wildman–Crippen MR) is 160 cm³/mol. The van der Waals surface area contributed by atoms with E-state index in [0.717, 1.165) is 9.80 Å². The highest BCUT2D eigenvalue weighted by atomic mass is 19.1. The number of alkyl halides is 1. The highest BCUT2D eigenvalue weighted by Gasteiger charge is 2.77. The van der Waals surface area contributed by atoms with Crippen LogP contribution in [0.2, 0.25) is 0 Å². The van der Waals surface area contributed by atoms with Crippen molar-refractivity contribution in [2.75, 3.05) is 45.9 Å². The summed E-state index contributed by atoms with van der Waals surface area (Å²) in [6.45, 7) is 0.777. The predicted octanol–water partition coefficient (Wildman–Crippen LogP) is 0.304. The normalized spacial score (nSPS) is 35.9. The first-order valence-corrected chi connectivity index (χ1v) is 15.6. The molecule has 0 aromatic rings. The molecule has 3 saturated carbocycles. The zero-order valence-corrected chi connectivity index (χ0v) is 26.7. The summed E-state index contributed by atoms with van der Waals surface area (Å²) >= 11 is 0. The first kappa shape index (κ1) is 36.3. The summed E-state index contributed by atoms with van der Waals surface area (Å²) < 4.78 is 23.6. The summed E-state index contributed by atoms with van der Waals surface area (Å²) in [5, 5.41) is 49.5. The van der Waals surface area contributed by atoms with E-state index in [0.29, 0.717) is 12.0 Å². The van der Waals surface area contributed by atoms with Gasteiger partial charge in [-0.05, 0) is 50.7 Å². The van der Waals surface area contributed by atoms with E-state index in [1.807, 2.05) is 0 Å². The van der Waals surface area contributed by atoms with Gasteiger partial charge in [0.1, 0.15) is 6.61 Å². The summed E-state index contributed by atoms with van der Waals surface area (Å²) in [6, 6.07) is 0. The van der Waals surface area contributed by atoms with Crippen LogP contribution in [0.15, 0.2) is 23.8 Å². The van der Waals surface area contributed by atoms with Gasteiger partial charge in [-0.3, -0.25) is 38.6 Å². The Labute approximate surface area is 270 Å². The molecule has 14 nitrogen and oxygen atoms in total. The number of nitrogens with zero attached hydrogens (tertiary/aromatic N) is 2. The van der Waals surface area contributed by atoms with Crippen molar-refractivity contribution in [2.24, 2.45) is 28.6 Å². The first-order chi connectivity index (χ1) is 21.8. The van der Waals surface area contributed by atoms with Gasteiger partial charge in [-0.1, -0.05) is 25.5 Å². The average molecular weight is 667 g/mol. The minimum Gasteiger partial charge on any atom is -0.480 e. The third kappa shape index (κ3) is 6.14. The van der Waals surface area contributed by atoms with Gasteiger partial charge < -0.3 is 30.3 Å². The Balaban J connectivity index is 1.64. The van der Waals surface area contributed by atoms with Crippen molar-refractivity contribution in [3.05, 3.63) is 23.8 Å². The quantitative estimate of drug-likeness (QED) is 0.158. The number of rotatable bonds is 14. The molecule has 0 bridgehead atoms. The number of carboxylic acid groups (broad SMARTS) is 3. The van der Waals surface area contributed by atoms with Crippen LogP contribution < -0.4 is 0 Å². The number of halogens is 1. The molecule has 4 rings (SSSR count). The second kappa shape index (κ2) is 13.2. The molecule has 4 aliphatic rings. The zero-order valence-electron chi connectivity index (χ0n) is 26.7. The molecule has 0 unspecified atom stereocenters. The van der Waals surface area contributed by atoms with Crippen LogP contribution in [0.3, 0.4) is 0 Å². The Morgan fingerprint density at radius 3 is 2.04 bits per heavy atom. The van der Waals surface area contributed by atoms with E-state index in [1.165, 1.54) is 18.2 Å². The molecule has 4 aliphatic carbocycles. The van der Waals surface area contributed by atoms with Crippen LogP contribution in [0, 0.1) is 28.6 Å². The fraction of sp³-hybridized carbons (Fsp3) is 0.688. The van der Waals surface area contributed by atoms with Crippen molar-refractivity contribution in [2.45, 2.75) is 63.8 Å². The molecule has 5 N–H and O–H groups in total. The summed E-state index contributed by atoms with van der Waals surface area (Å²) in [4.78, 5) is 75.6. The van der Waals surface area contributed by atoms with Gasteiger partial charge in [0.2, 0.25) is 5.78 Å². The highest BCUT2D eigenvalue weighted by Crippen LogP contribution is 2.71. The van der Waals surface area contributed by atoms with Crippen LogP contribution in [-0.4, -0.2) is 134 Å². The monoisotopic (exact) mass is 666 g/mol. The smallest absolute Gasteiger partial charge is 0.321 e. The molecule has 8 atom stereocenters. The van der Waals surface area contributed by atoms with Crippen LogP contribution in [0.25, 0.3) is 0 Å². The van der Waals surface area contributed by atoms with E-state index >= 15 is 4.39 Å². The third-order valence-electron chi connectivity index (χ3n) is 11.2. The molecule has 0 spiro atoms. The maximum atomic E-state index is 17.6.